The number of benzene rings is 3. The Morgan fingerprint density at radius 2 is 1.68 bits per heavy atom. The van der Waals surface area contributed by atoms with Crippen LogP contribution in [-0.4, -0.2) is 27.2 Å². The lowest BCUT2D eigenvalue weighted by atomic mass is 9.96. The second-order valence-electron chi connectivity index (χ2n) is 7.74. The molecule has 2 N–H and O–H groups in total. The summed E-state index contributed by atoms with van der Waals surface area (Å²) in [6.07, 6.45) is -1.29. The number of aryl methyl sites for hydroxylation is 1. The van der Waals surface area contributed by atoms with E-state index in [-0.39, 0.29) is 5.91 Å². The highest BCUT2D eigenvalue weighted by atomic mass is 19.4. The van der Waals surface area contributed by atoms with Crippen molar-refractivity contribution in [3.05, 3.63) is 96.1 Å². The lowest BCUT2D eigenvalue weighted by molar-refractivity contribution is -0.137. The van der Waals surface area contributed by atoms with Gasteiger partial charge in [-0.25, -0.2) is 4.98 Å². The van der Waals surface area contributed by atoms with Crippen LogP contribution >= 0.6 is 0 Å². The van der Waals surface area contributed by atoms with Crippen LogP contribution in [0.3, 0.4) is 0 Å². The van der Waals surface area contributed by atoms with Gasteiger partial charge in [0.05, 0.1) is 12.1 Å². The molecule has 3 aromatic carbocycles. The molecular formula is C25H22F3N5O. The van der Waals surface area contributed by atoms with Crippen molar-refractivity contribution in [1.82, 2.24) is 14.8 Å². The second-order valence-corrected chi connectivity index (χ2v) is 7.74. The normalized spacial score (nSPS) is 11.3. The van der Waals surface area contributed by atoms with E-state index >= 15 is 0 Å². The first-order valence-electron chi connectivity index (χ1n) is 10.6. The largest absolute Gasteiger partial charge is 0.416 e. The highest BCUT2D eigenvalue weighted by Gasteiger charge is 2.30. The Kier molecular flexibility index (Phi) is 6.62. The van der Waals surface area contributed by atoms with Crippen LogP contribution in [0.5, 0.6) is 0 Å². The lowest BCUT2D eigenvalue weighted by Gasteiger charge is -2.13. The van der Waals surface area contributed by atoms with Crippen molar-refractivity contribution in [2.75, 3.05) is 17.2 Å². The van der Waals surface area contributed by atoms with Gasteiger partial charge in [0.25, 0.3) is 5.91 Å². The zero-order valence-electron chi connectivity index (χ0n) is 18.3. The smallest absolute Gasteiger partial charge is 0.383 e. The molecule has 1 aromatic heterocycles. The molecule has 0 aliphatic rings. The predicted molar refractivity (Wildman–Crippen MR) is 125 cm³/mol. The molecule has 4 aromatic rings. The van der Waals surface area contributed by atoms with Crippen LogP contribution in [0.1, 0.15) is 21.5 Å². The number of nitrogens with zero attached hydrogens (tertiary/aromatic N) is 3. The topological polar surface area (TPSA) is 71.8 Å². The summed E-state index contributed by atoms with van der Waals surface area (Å²) in [4.78, 5) is 16.9. The van der Waals surface area contributed by atoms with E-state index in [4.69, 9.17) is 0 Å². The van der Waals surface area contributed by atoms with Gasteiger partial charge in [0, 0.05) is 23.5 Å². The zero-order chi connectivity index (χ0) is 24.1. The molecule has 0 saturated carbocycles. The van der Waals surface area contributed by atoms with Gasteiger partial charge in [0.15, 0.2) is 0 Å². The summed E-state index contributed by atoms with van der Waals surface area (Å²) in [6.45, 7) is 3.19. The number of hydrogen-bond acceptors (Lipinski definition) is 4. The van der Waals surface area contributed by atoms with Crippen molar-refractivity contribution >= 4 is 17.3 Å². The number of alkyl halides is 3. The van der Waals surface area contributed by atoms with Gasteiger partial charge in [0.1, 0.15) is 12.7 Å². The first-order valence-corrected chi connectivity index (χ1v) is 10.6. The molecule has 0 fully saturated rings. The minimum atomic E-state index is -4.41. The van der Waals surface area contributed by atoms with Gasteiger partial charge in [-0.2, -0.15) is 18.3 Å². The fraction of sp³-hybridized carbons (Fsp3) is 0.160. The van der Waals surface area contributed by atoms with Gasteiger partial charge >= 0.3 is 6.18 Å². The monoisotopic (exact) mass is 465 g/mol. The Morgan fingerprint density at radius 1 is 0.971 bits per heavy atom. The molecule has 0 radical (unpaired) electrons. The molecule has 0 saturated heterocycles. The molecule has 6 nitrogen and oxygen atoms in total. The molecule has 1 amide bonds. The molecular weight excluding hydrogens is 443 g/mol. The molecule has 174 valence electrons. The lowest BCUT2D eigenvalue weighted by Crippen LogP contribution is -2.14. The fourth-order valence-corrected chi connectivity index (χ4v) is 3.47. The molecule has 0 aliphatic carbocycles. The number of hydrogen-bond donors (Lipinski definition) is 2. The van der Waals surface area contributed by atoms with Crippen LogP contribution in [0.15, 0.2) is 79.4 Å². The van der Waals surface area contributed by atoms with Crippen molar-refractivity contribution in [1.29, 1.82) is 0 Å². The SMILES string of the molecule is Cc1ccc(C(=O)Nc2ccc(NCCn3cncn3)cc2)c(-c2ccc(C(F)(F)F)cc2)c1. The number of nitrogens with one attached hydrogen (secondary N) is 2. The molecule has 1 heterocycles. The summed E-state index contributed by atoms with van der Waals surface area (Å²) in [5.41, 5.74) is 3.13. The first kappa shape index (κ1) is 23.0. The molecule has 9 heteroatoms. The summed E-state index contributed by atoms with van der Waals surface area (Å²) < 4.78 is 40.5. The number of anilines is 2. The average Bonchev–Trinajstić information content (AvgIpc) is 3.33. The van der Waals surface area contributed by atoms with Crippen LogP contribution in [0.25, 0.3) is 11.1 Å². The van der Waals surface area contributed by atoms with Crippen LogP contribution < -0.4 is 10.6 Å². The Labute approximate surface area is 194 Å². The summed E-state index contributed by atoms with van der Waals surface area (Å²) in [6, 6.07) is 17.3. The van der Waals surface area contributed by atoms with Gasteiger partial charge in [-0.05, 0) is 60.5 Å². The van der Waals surface area contributed by atoms with Crippen LogP contribution in [0.4, 0.5) is 24.5 Å². The minimum absolute atomic E-state index is 0.346. The molecule has 0 spiro atoms. The minimum Gasteiger partial charge on any atom is -0.383 e. The molecule has 34 heavy (non-hydrogen) atoms. The van der Waals surface area contributed by atoms with E-state index in [2.05, 4.69) is 20.7 Å². The van der Waals surface area contributed by atoms with E-state index in [1.54, 1.807) is 41.3 Å². The average molecular weight is 465 g/mol. The van der Waals surface area contributed by atoms with Crippen LogP contribution in [-0.2, 0) is 12.7 Å². The standard InChI is InChI=1S/C25H22F3N5O/c1-17-2-11-22(23(14-17)18-3-5-19(6-4-18)25(26,27)28)24(34)32-21-9-7-20(8-10-21)30-12-13-33-16-29-15-31-33/h2-11,14-16,30H,12-13H2,1H3,(H,32,34). The molecule has 4 rings (SSSR count). The van der Waals surface area contributed by atoms with Crippen molar-refractivity contribution < 1.29 is 18.0 Å². The second kappa shape index (κ2) is 9.78. The predicted octanol–water partition coefficient (Wildman–Crippen LogP) is 5.64. The van der Waals surface area contributed by atoms with Crippen LogP contribution in [0, 0.1) is 6.92 Å². The number of carbonyl (C=O) groups excluding carboxylic acids is 1. The first-order chi connectivity index (χ1) is 16.3. The zero-order valence-corrected chi connectivity index (χ0v) is 18.3. The third kappa shape index (κ3) is 5.61. The summed E-state index contributed by atoms with van der Waals surface area (Å²) >= 11 is 0. The van der Waals surface area contributed by atoms with E-state index in [9.17, 15) is 18.0 Å². The Balaban J connectivity index is 1.46. The molecule has 0 unspecified atom stereocenters. The van der Waals surface area contributed by atoms with Gasteiger partial charge < -0.3 is 10.6 Å². The third-order valence-corrected chi connectivity index (χ3v) is 5.22. The Hall–Kier alpha value is -4.14. The number of amides is 1. The summed E-state index contributed by atoms with van der Waals surface area (Å²) in [5.74, 6) is -0.346. The van der Waals surface area contributed by atoms with Gasteiger partial charge in [-0.3, -0.25) is 9.48 Å². The highest BCUT2D eigenvalue weighted by molar-refractivity contribution is 6.08. The van der Waals surface area contributed by atoms with E-state index in [0.29, 0.717) is 35.5 Å². The molecule has 0 aliphatic heterocycles. The van der Waals surface area contributed by atoms with E-state index in [0.717, 1.165) is 23.4 Å². The van der Waals surface area contributed by atoms with Crippen LogP contribution in [0.2, 0.25) is 0 Å². The van der Waals surface area contributed by atoms with Crippen molar-refractivity contribution in [3.8, 4) is 11.1 Å². The summed E-state index contributed by atoms with van der Waals surface area (Å²) in [5, 5.41) is 10.2. The quantitative estimate of drug-likeness (QED) is 0.371. The number of aromatic nitrogens is 3. The van der Waals surface area contributed by atoms with Gasteiger partial charge in [0.2, 0.25) is 0 Å². The highest BCUT2D eigenvalue weighted by Crippen LogP contribution is 2.32. The molecule has 0 atom stereocenters. The maximum atomic E-state index is 13.0. The van der Waals surface area contributed by atoms with Gasteiger partial charge in [-0.15, -0.1) is 0 Å². The van der Waals surface area contributed by atoms with E-state index < -0.39 is 11.7 Å². The number of halogens is 3. The molecule has 0 bridgehead atoms. The number of rotatable bonds is 7. The Bertz CT molecular complexity index is 1250. The maximum absolute atomic E-state index is 13.0. The number of carbonyl (C=O) groups is 1. The van der Waals surface area contributed by atoms with Crippen molar-refractivity contribution in [3.63, 3.8) is 0 Å². The Morgan fingerprint density at radius 3 is 2.32 bits per heavy atom. The maximum Gasteiger partial charge on any atom is 0.416 e. The fourth-order valence-electron chi connectivity index (χ4n) is 3.47. The summed E-state index contributed by atoms with van der Waals surface area (Å²) in [7, 11) is 0. The van der Waals surface area contributed by atoms with E-state index in [1.807, 2.05) is 19.1 Å². The van der Waals surface area contributed by atoms with Gasteiger partial charge in [-0.1, -0.05) is 29.8 Å². The van der Waals surface area contributed by atoms with Crippen molar-refractivity contribution in [2.45, 2.75) is 19.6 Å². The van der Waals surface area contributed by atoms with E-state index in [1.165, 1.54) is 18.5 Å². The van der Waals surface area contributed by atoms with Crippen molar-refractivity contribution in [2.24, 2.45) is 0 Å². The third-order valence-electron chi connectivity index (χ3n) is 5.22.